The average molecular weight is 334 g/mol. The van der Waals surface area contributed by atoms with Gasteiger partial charge in [0.25, 0.3) is 0 Å². The Morgan fingerprint density at radius 2 is 1.20 bits per heavy atom. The molecule has 0 radical (unpaired) electrons. The summed E-state index contributed by atoms with van der Waals surface area (Å²) in [6, 6.07) is -2.27. The Balaban J connectivity index is 0. The molecule has 0 heterocycles. The van der Waals surface area contributed by atoms with Crippen molar-refractivity contribution in [3.05, 3.63) is 5.32 Å². The molecule has 0 aliphatic rings. The van der Waals surface area contributed by atoms with E-state index < -0.39 is 45.1 Å². The van der Waals surface area contributed by atoms with Crippen LogP contribution in [-0.4, -0.2) is 39.1 Å². The second-order valence-electron chi connectivity index (χ2n) is 4.05. The highest BCUT2D eigenvalue weighted by Gasteiger charge is 2.34. The summed E-state index contributed by atoms with van der Waals surface area (Å²) in [7, 11) is -4.64. The predicted octanol–water partition coefficient (Wildman–Crippen LogP) is 3.11. The van der Waals surface area contributed by atoms with Crippen molar-refractivity contribution in [3.63, 3.8) is 0 Å². The molecule has 0 saturated carbocycles. The van der Waals surface area contributed by atoms with Crippen molar-refractivity contribution in [1.82, 2.24) is 0 Å². The van der Waals surface area contributed by atoms with Gasteiger partial charge in [-0.15, -0.1) is 12.1 Å². The van der Waals surface area contributed by atoms with Gasteiger partial charge in [0.1, 0.15) is 0 Å². The highest BCUT2D eigenvalue weighted by molar-refractivity contribution is 7.45. The summed E-state index contributed by atoms with van der Waals surface area (Å²) in [5.41, 5.74) is 0. The van der Waals surface area contributed by atoms with E-state index in [9.17, 15) is 26.3 Å². The predicted molar refractivity (Wildman–Crippen MR) is 57.9 cm³/mol. The lowest BCUT2D eigenvalue weighted by Gasteiger charge is -2.36. The Labute approximate surface area is 111 Å². The number of hydrogen-bond donors (Lipinski definition) is 3. The zero-order valence-corrected chi connectivity index (χ0v) is 11.4. The summed E-state index contributed by atoms with van der Waals surface area (Å²) in [4.78, 5) is 21.6. The van der Waals surface area contributed by atoms with Crippen LogP contribution in [0.5, 0.6) is 0 Å². The van der Waals surface area contributed by atoms with Crippen LogP contribution in [0.2, 0.25) is 0 Å². The zero-order valence-electron chi connectivity index (χ0n) is 10.5. The Kier molecular flexibility index (Phi) is 8.97. The Morgan fingerprint density at radius 3 is 1.35 bits per heavy atom. The lowest BCUT2D eigenvalue weighted by atomic mass is 10.1. The third-order valence-corrected chi connectivity index (χ3v) is 1.44. The molecular weight excluding hydrogens is 319 g/mol. The molecule has 5 nitrogen and oxygen atoms in total. The first-order chi connectivity index (χ1) is 8.49. The first kappa shape index (κ1) is 21.9. The Morgan fingerprint density at radius 1 is 0.950 bits per heavy atom. The standard InChI is InChI=1S/C8H12F6N.H3O4P/c1-5(2)15-6(3-7(9,10)11)4-8(12,13)14;1-5(2,3)4/h5-6H,3-4H2,1-2H3;(H3,1,2,3,4)/q-1;. The molecule has 3 N–H and O–H groups in total. The Bertz CT molecular complexity index is 289. The number of rotatable bonds is 4. The van der Waals surface area contributed by atoms with Crippen LogP contribution in [0.4, 0.5) is 26.3 Å². The fraction of sp³-hybridized carbons (Fsp3) is 1.00. The third kappa shape index (κ3) is 26.3. The van der Waals surface area contributed by atoms with E-state index >= 15 is 0 Å². The van der Waals surface area contributed by atoms with E-state index in [0.717, 1.165) is 0 Å². The third-order valence-electron chi connectivity index (χ3n) is 1.44. The van der Waals surface area contributed by atoms with Gasteiger partial charge < -0.3 is 20.0 Å². The van der Waals surface area contributed by atoms with Crippen molar-refractivity contribution < 1.29 is 45.6 Å². The smallest absolute Gasteiger partial charge is 0.466 e. The largest absolute Gasteiger partial charge is 0.657 e. The molecule has 0 amide bonds. The van der Waals surface area contributed by atoms with Gasteiger partial charge in [-0.05, 0) is 0 Å². The molecular formula is C8H15F6NO4P-. The maximum atomic E-state index is 11.9. The van der Waals surface area contributed by atoms with Crippen molar-refractivity contribution in [1.29, 1.82) is 0 Å². The molecule has 0 atom stereocenters. The SMILES string of the molecule is CC(C)[N-]C(CC(F)(F)F)CC(F)(F)F.O=P(O)(O)O. The lowest BCUT2D eigenvalue weighted by Crippen LogP contribution is -2.26. The monoisotopic (exact) mass is 334 g/mol. The van der Waals surface area contributed by atoms with Crippen molar-refractivity contribution in [2.45, 2.75) is 51.1 Å². The molecule has 12 heteroatoms. The minimum absolute atomic E-state index is 0.542. The molecule has 0 unspecified atom stereocenters. The molecule has 0 bridgehead atoms. The van der Waals surface area contributed by atoms with Crippen LogP contribution >= 0.6 is 7.82 Å². The van der Waals surface area contributed by atoms with Crippen molar-refractivity contribution >= 4 is 7.82 Å². The summed E-state index contributed by atoms with van der Waals surface area (Å²) >= 11 is 0. The van der Waals surface area contributed by atoms with Gasteiger partial charge >= 0.3 is 20.2 Å². The van der Waals surface area contributed by atoms with Crippen LogP contribution in [-0.2, 0) is 4.57 Å². The van der Waals surface area contributed by atoms with Gasteiger partial charge in [-0.25, -0.2) is 4.57 Å². The molecule has 124 valence electrons. The van der Waals surface area contributed by atoms with Gasteiger partial charge in [0.2, 0.25) is 0 Å². The summed E-state index contributed by atoms with van der Waals surface area (Å²) in [5, 5.41) is 3.41. The van der Waals surface area contributed by atoms with E-state index in [1.165, 1.54) is 13.8 Å². The van der Waals surface area contributed by atoms with Crippen LogP contribution in [0.3, 0.4) is 0 Å². The maximum Gasteiger partial charge on any atom is 0.466 e. The van der Waals surface area contributed by atoms with E-state index in [1.807, 2.05) is 0 Å². The molecule has 0 aromatic heterocycles. The van der Waals surface area contributed by atoms with Gasteiger partial charge in [-0.1, -0.05) is 13.8 Å². The number of nitrogens with zero attached hydrogens (tertiary/aromatic N) is 1. The fourth-order valence-corrected chi connectivity index (χ4v) is 1.13. The Hall–Kier alpha value is -0.350. The van der Waals surface area contributed by atoms with Gasteiger partial charge in [0, 0.05) is 12.8 Å². The molecule has 0 aliphatic heterocycles. The first-order valence-corrected chi connectivity index (χ1v) is 6.68. The summed E-state index contributed by atoms with van der Waals surface area (Å²) < 4.78 is 80.3. The molecule has 0 aliphatic carbocycles. The zero-order chi connectivity index (χ0) is 16.8. The quantitative estimate of drug-likeness (QED) is 0.544. The van der Waals surface area contributed by atoms with Gasteiger partial charge in [-0.2, -0.15) is 26.3 Å². The van der Waals surface area contributed by atoms with Gasteiger partial charge in [0.15, 0.2) is 0 Å². The first-order valence-electron chi connectivity index (χ1n) is 5.11. The fourth-order valence-electron chi connectivity index (χ4n) is 1.13. The molecule has 20 heavy (non-hydrogen) atoms. The van der Waals surface area contributed by atoms with Crippen LogP contribution in [0.15, 0.2) is 0 Å². The van der Waals surface area contributed by atoms with E-state index in [2.05, 4.69) is 5.32 Å². The molecule has 0 saturated heterocycles. The van der Waals surface area contributed by atoms with Crippen LogP contribution in [0, 0.1) is 0 Å². The van der Waals surface area contributed by atoms with E-state index in [4.69, 9.17) is 19.2 Å². The minimum Gasteiger partial charge on any atom is -0.657 e. The van der Waals surface area contributed by atoms with Crippen LogP contribution < -0.4 is 0 Å². The summed E-state index contributed by atoms with van der Waals surface area (Å²) in [6.45, 7) is 2.89. The maximum absolute atomic E-state index is 11.9. The normalized spacial score (nSPS) is 13.4. The molecule has 0 aromatic rings. The van der Waals surface area contributed by atoms with Crippen molar-refractivity contribution in [2.75, 3.05) is 0 Å². The second kappa shape index (κ2) is 8.18. The minimum atomic E-state index is -4.64. The van der Waals surface area contributed by atoms with Crippen molar-refractivity contribution in [2.24, 2.45) is 0 Å². The number of alkyl halides is 6. The summed E-state index contributed by atoms with van der Waals surface area (Å²) in [5.74, 6) is 0. The van der Waals surface area contributed by atoms with Crippen LogP contribution in [0.25, 0.3) is 5.32 Å². The topological polar surface area (TPSA) is 91.9 Å². The molecule has 0 fully saturated rings. The van der Waals surface area contributed by atoms with E-state index in [1.54, 1.807) is 0 Å². The number of halogens is 6. The van der Waals surface area contributed by atoms with Crippen molar-refractivity contribution in [3.8, 4) is 0 Å². The van der Waals surface area contributed by atoms with Crippen LogP contribution in [0.1, 0.15) is 26.7 Å². The number of phosphoric acid groups is 1. The second-order valence-corrected chi connectivity index (χ2v) is 5.08. The summed E-state index contributed by atoms with van der Waals surface area (Å²) in [6.07, 6.45) is -12.3. The average Bonchev–Trinajstić information content (AvgIpc) is 1.89. The lowest BCUT2D eigenvalue weighted by molar-refractivity contribution is -0.159. The highest BCUT2D eigenvalue weighted by Crippen LogP contribution is 2.33. The number of hydrogen-bond acceptors (Lipinski definition) is 1. The van der Waals surface area contributed by atoms with Gasteiger partial charge in [-0.3, -0.25) is 0 Å². The molecule has 0 aromatic carbocycles. The van der Waals surface area contributed by atoms with E-state index in [0.29, 0.717) is 0 Å². The van der Waals surface area contributed by atoms with E-state index in [-0.39, 0.29) is 0 Å². The molecule has 0 rings (SSSR count). The molecule has 0 spiro atoms. The van der Waals surface area contributed by atoms with Gasteiger partial charge in [0.05, 0.1) is 0 Å². The highest BCUT2D eigenvalue weighted by atomic mass is 31.2.